The molecule has 0 fully saturated rings. The second kappa shape index (κ2) is 6.38. The zero-order valence-corrected chi connectivity index (χ0v) is 15.2. The number of nitrogens with zero attached hydrogens (tertiary/aromatic N) is 3. The van der Waals surface area contributed by atoms with E-state index in [0.29, 0.717) is 11.4 Å². The molecule has 4 aromatic rings. The van der Waals surface area contributed by atoms with Gasteiger partial charge in [0.1, 0.15) is 5.69 Å². The van der Waals surface area contributed by atoms with Gasteiger partial charge in [0.25, 0.3) is 0 Å². The molecule has 3 aromatic carbocycles. The number of alkyl halides is 2. The fourth-order valence-corrected chi connectivity index (χ4v) is 3.58. The minimum Gasteiger partial charge on any atom is -0.271 e. The van der Waals surface area contributed by atoms with Crippen LogP contribution in [0.25, 0.3) is 16.9 Å². The van der Waals surface area contributed by atoms with E-state index in [0.717, 1.165) is 16.2 Å². The summed E-state index contributed by atoms with van der Waals surface area (Å²) in [4.78, 5) is 13.8. The molecule has 0 radical (unpaired) electrons. The van der Waals surface area contributed by atoms with Gasteiger partial charge in [0.05, 0.1) is 28.8 Å². The van der Waals surface area contributed by atoms with Crippen LogP contribution < -0.4 is 4.90 Å². The Labute approximate surface area is 165 Å². The Hall–Kier alpha value is -3.80. The van der Waals surface area contributed by atoms with Crippen molar-refractivity contribution in [3.8, 4) is 16.9 Å². The van der Waals surface area contributed by atoms with Crippen molar-refractivity contribution in [2.45, 2.75) is 5.92 Å². The number of para-hydroxylation sites is 2. The van der Waals surface area contributed by atoms with Gasteiger partial charge in [0.2, 0.25) is 0 Å². The van der Waals surface area contributed by atoms with Crippen molar-refractivity contribution in [3.05, 3.63) is 96.7 Å². The summed E-state index contributed by atoms with van der Waals surface area (Å²) in [6, 6.07) is 24.5. The molecule has 1 aromatic heterocycles. The SMILES string of the molecule is O=C1N(c2cn(-c3ccccc3)nc2-c2ccccc2)c2ccccc2C1(F)F. The Morgan fingerprint density at radius 1 is 0.759 bits per heavy atom. The molecule has 1 aliphatic rings. The summed E-state index contributed by atoms with van der Waals surface area (Å²) < 4.78 is 31.0. The third-order valence-corrected chi connectivity index (χ3v) is 4.96. The fourth-order valence-electron chi connectivity index (χ4n) is 3.58. The molecular weight excluding hydrogens is 372 g/mol. The Bertz CT molecular complexity index is 1200. The normalized spacial score (nSPS) is 14.8. The van der Waals surface area contributed by atoms with Gasteiger partial charge in [-0.15, -0.1) is 0 Å². The molecule has 0 spiro atoms. The summed E-state index contributed by atoms with van der Waals surface area (Å²) in [5.74, 6) is -4.86. The number of amides is 1. The Morgan fingerprint density at radius 3 is 2.10 bits per heavy atom. The molecule has 0 saturated carbocycles. The number of carbonyl (C=O) groups excluding carboxylic acids is 1. The molecule has 1 amide bonds. The maximum Gasteiger partial charge on any atom is 0.352 e. The predicted molar refractivity (Wildman–Crippen MR) is 106 cm³/mol. The van der Waals surface area contributed by atoms with Gasteiger partial charge in [-0.2, -0.15) is 13.9 Å². The lowest BCUT2D eigenvalue weighted by Crippen LogP contribution is -2.31. The van der Waals surface area contributed by atoms with Crippen molar-refractivity contribution in [1.29, 1.82) is 0 Å². The van der Waals surface area contributed by atoms with E-state index in [4.69, 9.17) is 0 Å². The van der Waals surface area contributed by atoms with E-state index in [-0.39, 0.29) is 11.3 Å². The molecule has 4 nitrogen and oxygen atoms in total. The van der Waals surface area contributed by atoms with Gasteiger partial charge in [-0.25, -0.2) is 4.68 Å². The van der Waals surface area contributed by atoms with Crippen molar-refractivity contribution in [3.63, 3.8) is 0 Å². The second-order valence-corrected chi connectivity index (χ2v) is 6.74. The molecule has 0 unspecified atom stereocenters. The summed E-state index contributed by atoms with van der Waals surface area (Å²) in [7, 11) is 0. The molecule has 0 saturated heterocycles. The molecule has 1 aliphatic heterocycles. The molecule has 2 heterocycles. The van der Waals surface area contributed by atoms with Gasteiger partial charge in [-0.1, -0.05) is 66.7 Å². The maximum absolute atomic E-state index is 14.7. The average molecular weight is 387 g/mol. The van der Waals surface area contributed by atoms with E-state index < -0.39 is 11.8 Å². The smallest absolute Gasteiger partial charge is 0.271 e. The monoisotopic (exact) mass is 387 g/mol. The minimum atomic E-state index is -3.58. The molecule has 29 heavy (non-hydrogen) atoms. The lowest BCUT2D eigenvalue weighted by molar-refractivity contribution is -0.140. The van der Waals surface area contributed by atoms with E-state index in [1.54, 1.807) is 16.9 Å². The van der Waals surface area contributed by atoms with E-state index in [2.05, 4.69) is 5.10 Å². The van der Waals surface area contributed by atoms with E-state index in [9.17, 15) is 13.6 Å². The van der Waals surface area contributed by atoms with E-state index >= 15 is 0 Å². The van der Waals surface area contributed by atoms with Crippen LogP contribution in [0.5, 0.6) is 0 Å². The summed E-state index contributed by atoms with van der Waals surface area (Å²) in [6.07, 6.45) is 1.62. The number of rotatable bonds is 3. The van der Waals surface area contributed by atoms with Gasteiger partial charge < -0.3 is 0 Å². The molecule has 142 valence electrons. The Kier molecular flexibility index (Phi) is 3.81. The molecular formula is C23H15F2N3O. The lowest BCUT2D eigenvalue weighted by atomic mass is 10.1. The van der Waals surface area contributed by atoms with Crippen molar-refractivity contribution in [2.75, 3.05) is 4.90 Å². The molecule has 6 heteroatoms. The van der Waals surface area contributed by atoms with Crippen LogP contribution in [-0.2, 0) is 10.7 Å². The quantitative estimate of drug-likeness (QED) is 0.478. The van der Waals surface area contributed by atoms with Crippen LogP contribution in [0, 0.1) is 0 Å². The summed E-state index contributed by atoms with van der Waals surface area (Å²) >= 11 is 0. The van der Waals surface area contributed by atoms with E-state index in [1.807, 2.05) is 60.7 Å². The van der Waals surface area contributed by atoms with Crippen LogP contribution in [0.4, 0.5) is 20.2 Å². The summed E-state index contributed by atoms with van der Waals surface area (Å²) in [6.45, 7) is 0. The molecule has 5 rings (SSSR count). The predicted octanol–water partition coefficient (Wildman–Crippen LogP) is 5.31. The van der Waals surface area contributed by atoms with Crippen molar-refractivity contribution >= 4 is 17.3 Å². The number of fused-ring (bicyclic) bond motifs is 1. The standard InChI is InChI=1S/C23H15F2N3O/c24-23(25)18-13-7-8-14-19(18)28(22(23)29)20-15-27(17-11-5-2-6-12-17)26-21(20)16-9-3-1-4-10-16/h1-15H. The highest BCUT2D eigenvalue weighted by atomic mass is 19.3. The van der Waals surface area contributed by atoms with Crippen LogP contribution >= 0.6 is 0 Å². The number of aromatic nitrogens is 2. The number of benzene rings is 3. The number of halogens is 2. The minimum absolute atomic E-state index is 0.173. The highest BCUT2D eigenvalue weighted by Gasteiger charge is 2.54. The lowest BCUT2D eigenvalue weighted by Gasteiger charge is -2.17. The number of carbonyl (C=O) groups is 1. The maximum atomic E-state index is 14.7. The van der Waals surface area contributed by atoms with Gasteiger partial charge in [-0.05, 0) is 18.2 Å². The Balaban J connectivity index is 1.75. The highest BCUT2D eigenvalue weighted by molar-refractivity contribution is 6.12. The van der Waals surface area contributed by atoms with Crippen LogP contribution in [0.15, 0.2) is 91.1 Å². The first-order chi connectivity index (χ1) is 14.1. The van der Waals surface area contributed by atoms with Gasteiger partial charge in [-0.3, -0.25) is 9.69 Å². The Morgan fingerprint density at radius 2 is 1.38 bits per heavy atom. The second-order valence-electron chi connectivity index (χ2n) is 6.74. The van der Waals surface area contributed by atoms with Crippen molar-refractivity contribution < 1.29 is 13.6 Å². The first-order valence-corrected chi connectivity index (χ1v) is 9.10. The van der Waals surface area contributed by atoms with E-state index in [1.165, 1.54) is 18.2 Å². The van der Waals surface area contributed by atoms with Crippen LogP contribution in [0.2, 0.25) is 0 Å². The molecule has 0 bridgehead atoms. The fraction of sp³-hybridized carbons (Fsp3) is 0.0435. The molecule has 0 N–H and O–H groups in total. The van der Waals surface area contributed by atoms with Crippen LogP contribution in [0.1, 0.15) is 5.56 Å². The molecule has 0 aliphatic carbocycles. The number of anilines is 2. The highest BCUT2D eigenvalue weighted by Crippen LogP contribution is 2.49. The molecule has 0 atom stereocenters. The zero-order valence-electron chi connectivity index (χ0n) is 15.2. The zero-order chi connectivity index (χ0) is 20.0. The summed E-state index contributed by atoms with van der Waals surface area (Å²) in [5.41, 5.74) is 2.15. The largest absolute Gasteiger partial charge is 0.352 e. The van der Waals surface area contributed by atoms with Crippen LogP contribution in [-0.4, -0.2) is 15.7 Å². The number of hydrogen-bond donors (Lipinski definition) is 0. The van der Waals surface area contributed by atoms with Gasteiger partial charge in [0.15, 0.2) is 0 Å². The van der Waals surface area contributed by atoms with Crippen molar-refractivity contribution in [2.24, 2.45) is 0 Å². The third-order valence-electron chi connectivity index (χ3n) is 4.96. The average Bonchev–Trinajstić information content (AvgIpc) is 3.28. The number of hydrogen-bond acceptors (Lipinski definition) is 2. The topological polar surface area (TPSA) is 38.1 Å². The van der Waals surface area contributed by atoms with Crippen LogP contribution in [0.3, 0.4) is 0 Å². The van der Waals surface area contributed by atoms with Gasteiger partial charge >= 0.3 is 11.8 Å². The first kappa shape index (κ1) is 17.3. The van der Waals surface area contributed by atoms with Crippen molar-refractivity contribution in [1.82, 2.24) is 9.78 Å². The van der Waals surface area contributed by atoms with Gasteiger partial charge in [0, 0.05) is 5.56 Å². The first-order valence-electron chi connectivity index (χ1n) is 9.10. The summed E-state index contributed by atoms with van der Waals surface area (Å²) in [5, 5.41) is 4.63. The third kappa shape index (κ3) is 2.64.